The van der Waals surface area contributed by atoms with Crippen LogP contribution in [0.2, 0.25) is 0 Å². The Bertz CT molecular complexity index is 441. The molecular weight excluding hydrogens is 219 g/mol. The van der Waals surface area contributed by atoms with E-state index in [1.807, 2.05) is 0 Å². The average Bonchev–Trinajstić information content (AvgIpc) is 2.16. The van der Waals surface area contributed by atoms with Crippen molar-refractivity contribution in [1.82, 2.24) is 0 Å². The molecule has 0 aliphatic rings. The van der Waals surface area contributed by atoms with E-state index in [-0.39, 0.29) is 17.1 Å². The average molecular weight is 228 g/mol. The fourth-order valence-corrected chi connectivity index (χ4v) is 1.12. The Hall–Kier alpha value is -2.11. The second-order valence-electron chi connectivity index (χ2n) is 2.89. The molecular formula is C10H9FO5. The topological polar surface area (TPSA) is 72.8 Å². The van der Waals surface area contributed by atoms with E-state index in [0.717, 1.165) is 19.1 Å². The maximum atomic E-state index is 13.3. The maximum absolute atomic E-state index is 13.3. The van der Waals surface area contributed by atoms with Gasteiger partial charge in [-0.05, 0) is 12.1 Å². The third-order valence-electron chi connectivity index (χ3n) is 1.71. The Balaban J connectivity index is 3.30. The summed E-state index contributed by atoms with van der Waals surface area (Å²) in [7, 11) is 1.19. The highest BCUT2D eigenvalue weighted by atomic mass is 19.1. The SMILES string of the molecule is COc1c(F)cc(C(=O)O)cc1OC(C)=O. The van der Waals surface area contributed by atoms with Gasteiger partial charge in [-0.2, -0.15) is 0 Å². The van der Waals surface area contributed by atoms with Crippen molar-refractivity contribution in [2.45, 2.75) is 6.92 Å². The predicted octanol–water partition coefficient (Wildman–Crippen LogP) is 1.46. The molecule has 0 aliphatic heterocycles. The molecule has 5 nitrogen and oxygen atoms in total. The summed E-state index contributed by atoms with van der Waals surface area (Å²) in [5.74, 6) is -3.48. The Morgan fingerprint density at radius 2 is 2.00 bits per heavy atom. The van der Waals surface area contributed by atoms with Gasteiger partial charge in [0.1, 0.15) is 0 Å². The fraction of sp³-hybridized carbons (Fsp3) is 0.200. The van der Waals surface area contributed by atoms with Gasteiger partial charge in [-0.3, -0.25) is 4.79 Å². The van der Waals surface area contributed by atoms with Crippen LogP contribution in [0.1, 0.15) is 17.3 Å². The summed E-state index contributed by atoms with van der Waals surface area (Å²) in [6.45, 7) is 1.12. The molecule has 0 saturated heterocycles. The minimum atomic E-state index is -1.32. The van der Waals surface area contributed by atoms with E-state index in [1.165, 1.54) is 7.11 Å². The minimum Gasteiger partial charge on any atom is -0.490 e. The summed E-state index contributed by atoms with van der Waals surface area (Å²) in [4.78, 5) is 21.4. The van der Waals surface area contributed by atoms with Gasteiger partial charge >= 0.3 is 11.9 Å². The molecule has 6 heteroatoms. The molecule has 0 heterocycles. The predicted molar refractivity (Wildman–Crippen MR) is 51.2 cm³/mol. The summed E-state index contributed by atoms with van der Waals surface area (Å²) in [6, 6.07) is 1.81. The van der Waals surface area contributed by atoms with E-state index in [4.69, 9.17) is 5.11 Å². The number of hydrogen-bond donors (Lipinski definition) is 1. The first-order valence-electron chi connectivity index (χ1n) is 4.25. The van der Waals surface area contributed by atoms with Gasteiger partial charge in [-0.15, -0.1) is 0 Å². The molecule has 0 amide bonds. The highest BCUT2D eigenvalue weighted by Crippen LogP contribution is 2.31. The van der Waals surface area contributed by atoms with Crippen molar-refractivity contribution in [3.05, 3.63) is 23.5 Å². The minimum absolute atomic E-state index is 0.257. The van der Waals surface area contributed by atoms with E-state index in [1.54, 1.807) is 0 Å². The summed E-state index contributed by atoms with van der Waals surface area (Å²) in [5.41, 5.74) is -0.324. The number of carbonyl (C=O) groups is 2. The molecule has 16 heavy (non-hydrogen) atoms. The van der Waals surface area contributed by atoms with Crippen molar-refractivity contribution in [1.29, 1.82) is 0 Å². The molecule has 1 N–H and O–H groups in total. The summed E-state index contributed by atoms with van der Waals surface area (Å²) >= 11 is 0. The lowest BCUT2D eigenvalue weighted by Gasteiger charge is -2.09. The molecule has 0 bridgehead atoms. The Labute approximate surface area is 90.4 Å². The Kier molecular flexibility index (Phi) is 3.44. The second-order valence-corrected chi connectivity index (χ2v) is 2.89. The molecule has 0 aromatic heterocycles. The van der Waals surface area contributed by atoms with Crippen LogP contribution in [0.3, 0.4) is 0 Å². The molecule has 0 radical (unpaired) electrons. The number of rotatable bonds is 3. The standard InChI is InChI=1S/C10H9FO5/c1-5(12)16-8-4-6(10(13)14)3-7(11)9(8)15-2/h3-4H,1-2H3,(H,13,14). The van der Waals surface area contributed by atoms with Crippen LogP contribution < -0.4 is 9.47 Å². The molecule has 0 atom stereocenters. The zero-order valence-corrected chi connectivity index (χ0v) is 8.61. The molecule has 0 fully saturated rings. The lowest BCUT2D eigenvalue weighted by Crippen LogP contribution is -2.06. The van der Waals surface area contributed by atoms with Gasteiger partial charge in [-0.1, -0.05) is 0 Å². The smallest absolute Gasteiger partial charge is 0.335 e. The molecule has 0 aliphatic carbocycles. The quantitative estimate of drug-likeness (QED) is 0.626. The number of methoxy groups -OCH3 is 1. The number of benzene rings is 1. The van der Waals surface area contributed by atoms with Crippen molar-refractivity contribution < 1.29 is 28.6 Å². The van der Waals surface area contributed by atoms with Crippen LogP contribution in [-0.2, 0) is 4.79 Å². The zero-order valence-electron chi connectivity index (χ0n) is 8.61. The van der Waals surface area contributed by atoms with Crippen LogP contribution in [0, 0.1) is 5.82 Å². The van der Waals surface area contributed by atoms with Crippen LogP contribution in [0.5, 0.6) is 11.5 Å². The number of hydrogen-bond acceptors (Lipinski definition) is 4. The Morgan fingerprint density at radius 3 is 2.44 bits per heavy atom. The number of carbonyl (C=O) groups excluding carboxylic acids is 1. The van der Waals surface area contributed by atoms with E-state index >= 15 is 0 Å². The normalized spacial score (nSPS) is 9.69. The number of esters is 1. The highest BCUT2D eigenvalue weighted by molar-refractivity contribution is 5.89. The first kappa shape index (κ1) is 12.0. The largest absolute Gasteiger partial charge is 0.490 e. The molecule has 1 aromatic rings. The van der Waals surface area contributed by atoms with Gasteiger partial charge in [0.05, 0.1) is 12.7 Å². The number of carboxylic acid groups (broad SMARTS) is 1. The molecule has 1 aromatic carbocycles. The van der Waals surface area contributed by atoms with Gasteiger partial charge in [0.25, 0.3) is 0 Å². The van der Waals surface area contributed by atoms with Crippen molar-refractivity contribution in [2.24, 2.45) is 0 Å². The van der Waals surface area contributed by atoms with E-state index in [9.17, 15) is 14.0 Å². The Morgan fingerprint density at radius 1 is 1.38 bits per heavy atom. The lowest BCUT2D eigenvalue weighted by atomic mass is 10.2. The molecule has 0 unspecified atom stereocenters. The third kappa shape index (κ3) is 2.47. The van der Waals surface area contributed by atoms with Crippen LogP contribution in [-0.4, -0.2) is 24.2 Å². The third-order valence-corrected chi connectivity index (χ3v) is 1.71. The van der Waals surface area contributed by atoms with Crippen LogP contribution in [0.15, 0.2) is 12.1 Å². The summed E-state index contributed by atoms with van der Waals surface area (Å²) < 4.78 is 22.6. The van der Waals surface area contributed by atoms with Crippen LogP contribution >= 0.6 is 0 Å². The van der Waals surface area contributed by atoms with Gasteiger partial charge in [0.15, 0.2) is 17.3 Å². The highest BCUT2D eigenvalue weighted by Gasteiger charge is 2.17. The van der Waals surface area contributed by atoms with E-state index in [2.05, 4.69) is 9.47 Å². The first-order chi connectivity index (χ1) is 7.45. The second kappa shape index (κ2) is 4.61. The molecule has 86 valence electrons. The zero-order chi connectivity index (χ0) is 12.3. The van der Waals surface area contributed by atoms with Crippen molar-refractivity contribution in [2.75, 3.05) is 7.11 Å². The van der Waals surface area contributed by atoms with Crippen LogP contribution in [0.25, 0.3) is 0 Å². The number of aromatic carboxylic acids is 1. The lowest BCUT2D eigenvalue weighted by molar-refractivity contribution is -0.132. The van der Waals surface area contributed by atoms with Crippen molar-refractivity contribution in [3.63, 3.8) is 0 Å². The van der Waals surface area contributed by atoms with Gasteiger partial charge in [-0.25, -0.2) is 9.18 Å². The molecule has 0 saturated carbocycles. The number of halogens is 1. The molecule has 0 spiro atoms. The monoisotopic (exact) mass is 228 g/mol. The van der Waals surface area contributed by atoms with E-state index < -0.39 is 17.8 Å². The van der Waals surface area contributed by atoms with Crippen molar-refractivity contribution in [3.8, 4) is 11.5 Å². The number of carboxylic acids is 1. The van der Waals surface area contributed by atoms with Gasteiger partial charge in [0, 0.05) is 6.92 Å². The van der Waals surface area contributed by atoms with Crippen molar-refractivity contribution >= 4 is 11.9 Å². The first-order valence-corrected chi connectivity index (χ1v) is 4.25. The summed E-state index contributed by atoms with van der Waals surface area (Å²) in [5, 5.41) is 8.68. The van der Waals surface area contributed by atoms with E-state index in [0.29, 0.717) is 0 Å². The number of ether oxygens (including phenoxy) is 2. The maximum Gasteiger partial charge on any atom is 0.335 e. The van der Waals surface area contributed by atoms with Crippen LogP contribution in [0.4, 0.5) is 4.39 Å². The fourth-order valence-electron chi connectivity index (χ4n) is 1.12. The summed E-state index contributed by atoms with van der Waals surface area (Å²) in [6.07, 6.45) is 0. The van der Waals surface area contributed by atoms with Gasteiger partial charge < -0.3 is 14.6 Å². The molecule has 1 rings (SSSR count). The van der Waals surface area contributed by atoms with Gasteiger partial charge in [0.2, 0.25) is 0 Å².